The van der Waals surface area contributed by atoms with Gasteiger partial charge in [-0.15, -0.1) is 0 Å². The molecular weight excluding hydrogens is 188 g/mol. The quantitative estimate of drug-likeness (QED) is 0.698. The van der Waals surface area contributed by atoms with Crippen LogP contribution in [0.25, 0.3) is 11.0 Å². The number of anilines is 1. The van der Waals surface area contributed by atoms with Crippen LogP contribution in [0.4, 0.5) is 5.82 Å². The molecule has 15 heavy (non-hydrogen) atoms. The maximum absolute atomic E-state index is 5.86. The lowest BCUT2D eigenvalue weighted by Gasteiger charge is -2.04. The van der Waals surface area contributed by atoms with Gasteiger partial charge in [0.25, 0.3) is 0 Å². The molecule has 2 aromatic rings. The first-order chi connectivity index (χ1) is 7.24. The Kier molecular flexibility index (Phi) is 1.65. The molecule has 0 unspecified atom stereocenters. The summed E-state index contributed by atoms with van der Waals surface area (Å²) in [5, 5.41) is 0.890. The first-order valence-electron chi connectivity index (χ1n) is 5.16. The number of nitrogens with zero attached hydrogens (tertiary/aromatic N) is 3. The monoisotopic (exact) mass is 200 g/mol. The molecule has 0 aliphatic heterocycles. The Labute approximate surface area is 87.6 Å². The number of nitrogens with two attached hydrogens (primary N) is 1. The highest BCUT2D eigenvalue weighted by atomic mass is 15.0. The topological polar surface area (TPSA) is 64.7 Å². The van der Waals surface area contributed by atoms with Crippen LogP contribution in [0.2, 0.25) is 0 Å². The molecule has 0 spiro atoms. The van der Waals surface area contributed by atoms with Crippen LogP contribution < -0.4 is 5.73 Å². The summed E-state index contributed by atoms with van der Waals surface area (Å²) in [4.78, 5) is 13.0. The molecule has 4 nitrogen and oxygen atoms in total. The first kappa shape index (κ1) is 8.59. The molecule has 0 bridgehead atoms. The molecule has 0 saturated carbocycles. The molecular formula is C11H12N4. The highest BCUT2D eigenvalue weighted by molar-refractivity contribution is 5.86. The van der Waals surface area contributed by atoms with E-state index in [0.717, 1.165) is 23.9 Å². The molecule has 1 aliphatic carbocycles. The van der Waals surface area contributed by atoms with E-state index in [1.54, 1.807) is 0 Å². The number of fused-ring (bicyclic) bond motifs is 2. The second-order valence-corrected chi connectivity index (χ2v) is 3.97. The predicted octanol–water partition coefficient (Wildman–Crippen LogP) is 1.40. The molecule has 0 aromatic carbocycles. The van der Waals surface area contributed by atoms with Gasteiger partial charge in [-0.3, -0.25) is 0 Å². The lowest BCUT2D eigenvalue weighted by molar-refractivity contribution is 0.900. The molecule has 0 saturated heterocycles. The maximum Gasteiger partial charge on any atom is 0.165 e. The van der Waals surface area contributed by atoms with E-state index in [-0.39, 0.29) is 0 Å². The van der Waals surface area contributed by atoms with Crippen molar-refractivity contribution >= 4 is 16.9 Å². The Bertz CT molecular complexity index is 548. The van der Waals surface area contributed by atoms with Gasteiger partial charge in [-0.05, 0) is 37.8 Å². The van der Waals surface area contributed by atoms with Gasteiger partial charge in [-0.1, -0.05) is 0 Å². The average molecular weight is 200 g/mol. The van der Waals surface area contributed by atoms with Crippen LogP contribution in [-0.4, -0.2) is 15.0 Å². The van der Waals surface area contributed by atoms with E-state index < -0.39 is 0 Å². The number of pyridine rings is 1. The molecule has 76 valence electrons. The highest BCUT2D eigenvalue weighted by Crippen LogP contribution is 2.25. The number of nitrogen functional groups attached to an aromatic ring is 1. The number of hydrogen-bond acceptors (Lipinski definition) is 4. The van der Waals surface area contributed by atoms with Crippen LogP contribution in [0.15, 0.2) is 6.07 Å². The summed E-state index contributed by atoms with van der Waals surface area (Å²) >= 11 is 0. The molecule has 0 fully saturated rings. The standard InChI is InChI=1S/C11H12N4/c1-6-13-10(12)8-5-7-3-2-4-9(7)15-11(8)14-6/h5H,2-4H2,1H3,(H2,12,13,14,15). The van der Waals surface area contributed by atoms with Crippen molar-refractivity contribution in [2.75, 3.05) is 5.73 Å². The normalized spacial score (nSPS) is 14.5. The Balaban J connectivity index is 2.38. The molecule has 0 amide bonds. The molecule has 2 aromatic heterocycles. The fourth-order valence-electron chi connectivity index (χ4n) is 2.15. The molecule has 0 atom stereocenters. The molecule has 2 N–H and O–H groups in total. The summed E-state index contributed by atoms with van der Waals surface area (Å²) in [6.45, 7) is 1.84. The van der Waals surface area contributed by atoms with Crippen molar-refractivity contribution in [3.05, 3.63) is 23.1 Å². The molecule has 1 aliphatic rings. The van der Waals surface area contributed by atoms with Crippen molar-refractivity contribution in [1.29, 1.82) is 0 Å². The lowest BCUT2D eigenvalue weighted by Crippen LogP contribution is -2.00. The second-order valence-electron chi connectivity index (χ2n) is 3.97. The van der Waals surface area contributed by atoms with Gasteiger partial charge in [0.15, 0.2) is 5.65 Å². The summed E-state index contributed by atoms with van der Waals surface area (Å²) in [6.07, 6.45) is 3.35. The van der Waals surface area contributed by atoms with E-state index in [0.29, 0.717) is 11.6 Å². The average Bonchev–Trinajstić information content (AvgIpc) is 2.61. The van der Waals surface area contributed by atoms with Gasteiger partial charge in [0, 0.05) is 5.69 Å². The minimum atomic E-state index is 0.541. The Morgan fingerprint density at radius 1 is 1.20 bits per heavy atom. The van der Waals surface area contributed by atoms with Crippen molar-refractivity contribution in [3.8, 4) is 0 Å². The van der Waals surface area contributed by atoms with Crippen molar-refractivity contribution in [2.45, 2.75) is 26.2 Å². The Morgan fingerprint density at radius 2 is 2.07 bits per heavy atom. The third-order valence-corrected chi connectivity index (χ3v) is 2.86. The summed E-state index contributed by atoms with van der Waals surface area (Å²) in [5.74, 6) is 1.23. The lowest BCUT2D eigenvalue weighted by atomic mass is 10.2. The van der Waals surface area contributed by atoms with Crippen LogP contribution in [0, 0.1) is 6.92 Å². The van der Waals surface area contributed by atoms with E-state index in [9.17, 15) is 0 Å². The largest absolute Gasteiger partial charge is 0.383 e. The van der Waals surface area contributed by atoms with Crippen LogP contribution in [0.1, 0.15) is 23.5 Å². The van der Waals surface area contributed by atoms with E-state index >= 15 is 0 Å². The molecule has 2 heterocycles. The third kappa shape index (κ3) is 1.25. The number of aryl methyl sites for hydroxylation is 3. The number of aromatic nitrogens is 3. The zero-order valence-corrected chi connectivity index (χ0v) is 8.62. The van der Waals surface area contributed by atoms with Gasteiger partial charge in [-0.25, -0.2) is 15.0 Å². The minimum Gasteiger partial charge on any atom is -0.383 e. The third-order valence-electron chi connectivity index (χ3n) is 2.86. The first-order valence-corrected chi connectivity index (χ1v) is 5.16. The minimum absolute atomic E-state index is 0.541. The van der Waals surface area contributed by atoms with Crippen LogP contribution in [0.3, 0.4) is 0 Å². The van der Waals surface area contributed by atoms with E-state index in [1.165, 1.54) is 17.7 Å². The summed E-state index contributed by atoms with van der Waals surface area (Å²) in [6, 6.07) is 2.10. The van der Waals surface area contributed by atoms with Gasteiger partial charge in [0.2, 0.25) is 0 Å². The summed E-state index contributed by atoms with van der Waals surface area (Å²) in [5.41, 5.74) is 9.08. The maximum atomic E-state index is 5.86. The van der Waals surface area contributed by atoms with Crippen LogP contribution >= 0.6 is 0 Å². The van der Waals surface area contributed by atoms with Gasteiger partial charge in [0.1, 0.15) is 11.6 Å². The van der Waals surface area contributed by atoms with Crippen molar-refractivity contribution in [3.63, 3.8) is 0 Å². The van der Waals surface area contributed by atoms with Crippen molar-refractivity contribution < 1.29 is 0 Å². The SMILES string of the molecule is Cc1nc(N)c2cc3c(nc2n1)CCC3. The second kappa shape index (κ2) is 2.89. The van der Waals surface area contributed by atoms with Gasteiger partial charge >= 0.3 is 0 Å². The fourth-order valence-corrected chi connectivity index (χ4v) is 2.15. The van der Waals surface area contributed by atoms with Gasteiger partial charge < -0.3 is 5.73 Å². The zero-order chi connectivity index (χ0) is 10.4. The van der Waals surface area contributed by atoms with Crippen molar-refractivity contribution in [1.82, 2.24) is 15.0 Å². The van der Waals surface area contributed by atoms with Gasteiger partial charge in [0.05, 0.1) is 5.39 Å². The Hall–Kier alpha value is -1.71. The Morgan fingerprint density at radius 3 is 2.93 bits per heavy atom. The summed E-state index contributed by atoms with van der Waals surface area (Å²) < 4.78 is 0. The predicted molar refractivity (Wildman–Crippen MR) is 58.5 cm³/mol. The molecule has 4 heteroatoms. The molecule has 3 rings (SSSR count). The van der Waals surface area contributed by atoms with E-state index in [1.807, 2.05) is 6.92 Å². The molecule has 0 radical (unpaired) electrons. The van der Waals surface area contributed by atoms with Gasteiger partial charge in [-0.2, -0.15) is 0 Å². The number of rotatable bonds is 0. The van der Waals surface area contributed by atoms with Crippen LogP contribution in [0.5, 0.6) is 0 Å². The smallest absolute Gasteiger partial charge is 0.165 e. The zero-order valence-electron chi connectivity index (χ0n) is 8.62. The van der Waals surface area contributed by atoms with E-state index in [2.05, 4.69) is 21.0 Å². The van der Waals surface area contributed by atoms with Crippen molar-refractivity contribution in [2.24, 2.45) is 0 Å². The van der Waals surface area contributed by atoms with E-state index in [4.69, 9.17) is 5.73 Å². The number of hydrogen-bond donors (Lipinski definition) is 1. The van der Waals surface area contributed by atoms with Crippen LogP contribution in [-0.2, 0) is 12.8 Å². The summed E-state index contributed by atoms with van der Waals surface area (Å²) in [7, 11) is 0. The highest BCUT2D eigenvalue weighted by Gasteiger charge is 2.15. The fraction of sp³-hybridized carbons (Fsp3) is 0.364.